The maximum absolute atomic E-state index is 6.08. The van der Waals surface area contributed by atoms with Gasteiger partial charge in [-0.25, -0.2) is 0 Å². The van der Waals surface area contributed by atoms with Gasteiger partial charge < -0.3 is 9.73 Å². The molecule has 0 aliphatic heterocycles. The quantitative estimate of drug-likeness (QED) is 0.775. The van der Waals surface area contributed by atoms with Gasteiger partial charge in [0.15, 0.2) is 4.67 Å². The van der Waals surface area contributed by atoms with Gasteiger partial charge in [0.05, 0.1) is 12.2 Å². The van der Waals surface area contributed by atoms with Crippen LogP contribution in [0.25, 0.3) is 0 Å². The smallest absolute Gasteiger partial charge is 0.169 e. The topological polar surface area (TPSA) is 25.2 Å². The fraction of sp³-hybridized carbons (Fsp3) is 0.167. The number of anilines is 1. The van der Waals surface area contributed by atoms with E-state index in [9.17, 15) is 0 Å². The highest BCUT2D eigenvalue weighted by Gasteiger charge is 2.05. The first-order valence-electron chi connectivity index (χ1n) is 5.00. The van der Waals surface area contributed by atoms with E-state index >= 15 is 0 Å². The van der Waals surface area contributed by atoms with E-state index in [4.69, 9.17) is 16.0 Å². The molecule has 0 fully saturated rings. The second kappa shape index (κ2) is 5.46. The Kier molecular flexibility index (Phi) is 4.17. The van der Waals surface area contributed by atoms with Crippen molar-refractivity contribution < 1.29 is 4.42 Å². The van der Waals surface area contributed by atoms with Crippen LogP contribution in [-0.2, 0) is 6.54 Å². The normalized spacial score (nSPS) is 10.6. The number of halogens is 3. The zero-order valence-corrected chi connectivity index (χ0v) is 13.0. The number of furan rings is 1. The van der Waals surface area contributed by atoms with Gasteiger partial charge in [0.2, 0.25) is 0 Å². The van der Waals surface area contributed by atoms with Crippen molar-refractivity contribution in [2.75, 3.05) is 5.32 Å². The lowest BCUT2D eigenvalue weighted by molar-refractivity contribution is 0.495. The molecule has 5 heteroatoms. The predicted octanol–water partition coefficient (Wildman–Crippen LogP) is 5.38. The van der Waals surface area contributed by atoms with Gasteiger partial charge in [-0.1, -0.05) is 11.6 Å². The average Bonchev–Trinajstić information content (AvgIpc) is 2.68. The molecule has 2 rings (SSSR count). The Hall–Kier alpha value is -0.450. The zero-order chi connectivity index (χ0) is 12.4. The number of nitrogens with one attached hydrogen (secondary N) is 1. The fourth-order valence-electron chi connectivity index (χ4n) is 1.41. The van der Waals surface area contributed by atoms with Crippen molar-refractivity contribution in [1.82, 2.24) is 0 Å². The molecule has 1 aromatic heterocycles. The molecule has 1 aromatic carbocycles. The van der Waals surface area contributed by atoms with Gasteiger partial charge in [0, 0.05) is 9.50 Å². The minimum Gasteiger partial charge on any atom is -0.452 e. The third-order valence-corrected chi connectivity index (χ3v) is 3.82. The van der Waals surface area contributed by atoms with Crippen molar-refractivity contribution in [3.05, 3.63) is 49.8 Å². The maximum Gasteiger partial charge on any atom is 0.169 e. The highest BCUT2D eigenvalue weighted by atomic mass is 79.9. The van der Waals surface area contributed by atoms with E-state index in [2.05, 4.69) is 37.2 Å². The Bertz CT molecular complexity index is 539. The first-order chi connectivity index (χ1) is 8.06. The summed E-state index contributed by atoms with van der Waals surface area (Å²) in [4.78, 5) is 0. The summed E-state index contributed by atoms with van der Waals surface area (Å²) in [6.07, 6.45) is 0. The summed E-state index contributed by atoms with van der Waals surface area (Å²) in [5.41, 5.74) is 2.00. The van der Waals surface area contributed by atoms with Crippen LogP contribution >= 0.6 is 43.5 Å². The summed E-state index contributed by atoms with van der Waals surface area (Å²) >= 11 is 12.8. The Balaban J connectivity index is 2.11. The van der Waals surface area contributed by atoms with Crippen LogP contribution in [0.15, 0.2) is 37.8 Å². The minimum absolute atomic E-state index is 0.615. The molecule has 0 bridgehead atoms. The number of hydrogen-bond donors (Lipinski definition) is 1. The first kappa shape index (κ1) is 13.0. The molecule has 0 radical (unpaired) electrons. The van der Waals surface area contributed by atoms with Crippen molar-refractivity contribution >= 4 is 49.1 Å². The van der Waals surface area contributed by atoms with Crippen LogP contribution in [0.3, 0.4) is 0 Å². The summed E-state index contributed by atoms with van der Waals surface area (Å²) < 4.78 is 7.13. The predicted molar refractivity (Wildman–Crippen MR) is 77.6 cm³/mol. The Morgan fingerprint density at radius 1 is 1.29 bits per heavy atom. The third kappa shape index (κ3) is 3.27. The number of benzene rings is 1. The van der Waals surface area contributed by atoms with Gasteiger partial charge >= 0.3 is 0 Å². The second-order valence-corrected chi connectivity index (χ2v) is 5.68. The summed E-state index contributed by atoms with van der Waals surface area (Å²) in [5.74, 6) is 0.862. The largest absolute Gasteiger partial charge is 0.452 e. The zero-order valence-electron chi connectivity index (χ0n) is 9.06. The van der Waals surface area contributed by atoms with E-state index in [0.717, 1.165) is 31.2 Å². The molecule has 0 amide bonds. The molecule has 0 unspecified atom stereocenters. The molecule has 90 valence electrons. The van der Waals surface area contributed by atoms with Crippen molar-refractivity contribution in [1.29, 1.82) is 0 Å². The Morgan fingerprint density at radius 2 is 2.06 bits per heavy atom. The molecule has 2 nitrogen and oxygen atoms in total. The molecule has 0 aliphatic carbocycles. The lowest BCUT2D eigenvalue weighted by atomic mass is 10.2. The Labute approximate surface area is 122 Å². The average molecular weight is 379 g/mol. The van der Waals surface area contributed by atoms with E-state index in [0.29, 0.717) is 6.54 Å². The van der Waals surface area contributed by atoms with Gasteiger partial charge in [0.25, 0.3) is 0 Å². The molecular weight excluding hydrogens is 369 g/mol. The van der Waals surface area contributed by atoms with Crippen molar-refractivity contribution in [3.8, 4) is 0 Å². The summed E-state index contributed by atoms with van der Waals surface area (Å²) in [5, 5.41) is 4.01. The molecule has 2 aromatic rings. The minimum atomic E-state index is 0.615. The lowest BCUT2D eigenvalue weighted by Gasteiger charge is -2.09. The van der Waals surface area contributed by atoms with E-state index in [-0.39, 0.29) is 0 Å². The number of hydrogen-bond acceptors (Lipinski definition) is 2. The molecule has 17 heavy (non-hydrogen) atoms. The molecule has 0 spiro atoms. The highest BCUT2D eigenvalue weighted by molar-refractivity contribution is 9.10. The van der Waals surface area contributed by atoms with Crippen molar-refractivity contribution in [3.63, 3.8) is 0 Å². The highest BCUT2D eigenvalue weighted by Crippen LogP contribution is 2.29. The summed E-state index contributed by atoms with van der Waals surface area (Å²) in [6.45, 7) is 2.59. The van der Waals surface area contributed by atoms with Crippen LogP contribution in [0.1, 0.15) is 11.3 Å². The summed E-state index contributed by atoms with van der Waals surface area (Å²) in [6, 6.07) is 7.68. The van der Waals surface area contributed by atoms with Gasteiger partial charge in [-0.15, -0.1) is 0 Å². The molecular formula is C12H10Br2ClNO. The van der Waals surface area contributed by atoms with Gasteiger partial charge in [-0.3, -0.25) is 0 Å². The lowest BCUT2D eigenvalue weighted by Crippen LogP contribution is -1.99. The van der Waals surface area contributed by atoms with Crippen molar-refractivity contribution in [2.45, 2.75) is 13.5 Å². The molecule has 0 aliphatic rings. The molecule has 0 saturated carbocycles. The van der Waals surface area contributed by atoms with Crippen molar-refractivity contribution in [2.24, 2.45) is 0 Å². The maximum atomic E-state index is 6.08. The SMILES string of the molecule is Cc1cc(Br)c(NCc2ccc(Br)o2)cc1Cl. The second-order valence-electron chi connectivity index (χ2n) is 3.64. The first-order valence-corrected chi connectivity index (χ1v) is 6.96. The Morgan fingerprint density at radius 3 is 2.71 bits per heavy atom. The third-order valence-electron chi connectivity index (χ3n) is 2.33. The van der Waals surface area contributed by atoms with Crippen LogP contribution in [0.2, 0.25) is 5.02 Å². The van der Waals surface area contributed by atoms with E-state index in [1.54, 1.807) is 0 Å². The van der Waals surface area contributed by atoms with Crippen LogP contribution in [0.4, 0.5) is 5.69 Å². The van der Waals surface area contributed by atoms with E-state index in [1.165, 1.54) is 0 Å². The standard InChI is InChI=1S/C12H10Br2ClNO/c1-7-4-9(13)11(5-10(7)15)16-6-8-2-3-12(14)17-8/h2-5,16H,6H2,1H3. The van der Waals surface area contributed by atoms with Crippen LogP contribution in [-0.4, -0.2) is 0 Å². The summed E-state index contributed by atoms with van der Waals surface area (Å²) in [7, 11) is 0. The molecule has 0 atom stereocenters. The van der Waals surface area contributed by atoms with E-state index < -0.39 is 0 Å². The number of rotatable bonds is 3. The molecule has 1 N–H and O–H groups in total. The molecule has 0 saturated heterocycles. The molecule has 1 heterocycles. The van der Waals surface area contributed by atoms with Crippen LogP contribution < -0.4 is 5.32 Å². The van der Waals surface area contributed by atoms with Crippen LogP contribution in [0.5, 0.6) is 0 Å². The van der Waals surface area contributed by atoms with Gasteiger partial charge in [-0.05, 0) is 68.6 Å². The van der Waals surface area contributed by atoms with Gasteiger partial charge in [0.1, 0.15) is 5.76 Å². The van der Waals surface area contributed by atoms with E-state index in [1.807, 2.05) is 31.2 Å². The fourth-order valence-corrected chi connectivity index (χ4v) is 2.51. The van der Waals surface area contributed by atoms with Gasteiger partial charge in [-0.2, -0.15) is 0 Å². The van der Waals surface area contributed by atoms with Crippen LogP contribution in [0, 0.1) is 6.92 Å². The number of aryl methyl sites for hydroxylation is 1. The monoisotopic (exact) mass is 377 g/mol.